The number of aromatic nitrogens is 2. The van der Waals surface area contributed by atoms with Crippen molar-refractivity contribution in [2.24, 2.45) is 11.8 Å². The number of likely N-dealkylation sites (tertiary alicyclic amines) is 1. The lowest BCUT2D eigenvalue weighted by atomic mass is 9.76. The highest BCUT2D eigenvalue weighted by atomic mass is 19.4. The first-order valence-electron chi connectivity index (χ1n) is 15.1. The van der Waals surface area contributed by atoms with E-state index in [1.54, 1.807) is 0 Å². The molecule has 3 aromatic rings. The number of aryl methyl sites for hydroxylation is 1. The number of alkyl halides is 3. The van der Waals surface area contributed by atoms with Crippen molar-refractivity contribution in [1.29, 1.82) is 0 Å². The van der Waals surface area contributed by atoms with E-state index in [1.807, 2.05) is 29.2 Å². The number of halogens is 3. The minimum absolute atomic E-state index is 0.0609. The van der Waals surface area contributed by atoms with Crippen LogP contribution in [-0.4, -0.2) is 38.8 Å². The van der Waals surface area contributed by atoms with Crippen molar-refractivity contribution in [3.05, 3.63) is 83.4 Å². The van der Waals surface area contributed by atoms with Gasteiger partial charge < -0.3 is 15.5 Å². The second kappa shape index (κ2) is 12.0. The molecule has 6 rings (SSSR count). The van der Waals surface area contributed by atoms with Gasteiger partial charge in [-0.2, -0.15) is 13.2 Å². The SMILES string of the molecule is Cc1ccc(NC(=O)C2C[C@@H]3CCC[C@@H]3N(C(=O)c3cncnc3)C2c2ccc(NC3CCCC3)cc2)cc1C(F)(F)F. The van der Waals surface area contributed by atoms with E-state index in [1.165, 1.54) is 50.6 Å². The number of rotatable bonds is 6. The Bertz CT molecular complexity index is 1460. The third-order valence-electron chi connectivity index (χ3n) is 9.38. The average molecular weight is 592 g/mol. The average Bonchev–Trinajstić information content (AvgIpc) is 3.69. The van der Waals surface area contributed by atoms with Gasteiger partial charge in [-0.25, -0.2) is 9.97 Å². The number of anilines is 2. The maximum atomic E-state index is 14.1. The minimum Gasteiger partial charge on any atom is -0.382 e. The number of benzene rings is 2. The van der Waals surface area contributed by atoms with Gasteiger partial charge >= 0.3 is 6.18 Å². The van der Waals surface area contributed by atoms with Gasteiger partial charge in [0, 0.05) is 35.9 Å². The zero-order valence-corrected chi connectivity index (χ0v) is 24.1. The number of nitrogens with one attached hydrogen (secondary N) is 2. The molecule has 7 nitrogen and oxygen atoms in total. The zero-order chi connectivity index (χ0) is 30.1. The van der Waals surface area contributed by atoms with Crippen LogP contribution in [-0.2, 0) is 11.0 Å². The molecule has 2 saturated carbocycles. The van der Waals surface area contributed by atoms with Gasteiger partial charge in [-0.05, 0) is 80.3 Å². The van der Waals surface area contributed by atoms with Crippen molar-refractivity contribution < 1.29 is 22.8 Å². The van der Waals surface area contributed by atoms with Gasteiger partial charge in [0.15, 0.2) is 0 Å². The number of carbonyl (C=O) groups is 2. The van der Waals surface area contributed by atoms with E-state index in [0.717, 1.165) is 49.4 Å². The van der Waals surface area contributed by atoms with E-state index in [9.17, 15) is 22.8 Å². The lowest BCUT2D eigenvalue weighted by molar-refractivity contribution is -0.138. The maximum Gasteiger partial charge on any atom is 0.416 e. The summed E-state index contributed by atoms with van der Waals surface area (Å²) in [5.41, 5.74) is 1.52. The lowest BCUT2D eigenvalue weighted by Gasteiger charge is -2.48. The Labute approximate surface area is 249 Å². The first-order valence-corrected chi connectivity index (χ1v) is 15.1. The molecule has 4 atom stereocenters. The summed E-state index contributed by atoms with van der Waals surface area (Å²) in [6, 6.07) is 11.5. The van der Waals surface area contributed by atoms with Crippen LogP contribution in [0.15, 0.2) is 61.2 Å². The van der Waals surface area contributed by atoms with Gasteiger partial charge in [-0.1, -0.05) is 37.5 Å². The predicted octanol–water partition coefficient (Wildman–Crippen LogP) is 7.17. The first-order chi connectivity index (χ1) is 20.7. The Hall–Kier alpha value is -3.95. The molecule has 3 aliphatic rings. The Balaban J connectivity index is 1.36. The van der Waals surface area contributed by atoms with Crippen LogP contribution in [0.3, 0.4) is 0 Å². The van der Waals surface area contributed by atoms with Gasteiger partial charge in [0.1, 0.15) is 6.33 Å². The molecule has 0 radical (unpaired) electrons. The molecule has 0 bridgehead atoms. The van der Waals surface area contributed by atoms with Crippen LogP contribution in [0.4, 0.5) is 24.5 Å². The number of hydrogen-bond acceptors (Lipinski definition) is 5. The van der Waals surface area contributed by atoms with Crippen LogP contribution in [0.5, 0.6) is 0 Å². The maximum absolute atomic E-state index is 14.1. The molecule has 1 aliphatic heterocycles. The fourth-order valence-corrected chi connectivity index (χ4v) is 7.31. The van der Waals surface area contributed by atoms with Crippen molar-refractivity contribution >= 4 is 23.2 Å². The van der Waals surface area contributed by atoms with Crippen LogP contribution in [0.2, 0.25) is 0 Å². The molecule has 3 fully saturated rings. The molecule has 2 aliphatic carbocycles. The largest absolute Gasteiger partial charge is 0.416 e. The van der Waals surface area contributed by atoms with Crippen LogP contribution in [0.1, 0.15) is 84.5 Å². The number of piperidine rings is 1. The third kappa shape index (κ3) is 6.10. The topological polar surface area (TPSA) is 87.2 Å². The van der Waals surface area contributed by atoms with Crippen molar-refractivity contribution in [3.63, 3.8) is 0 Å². The smallest absolute Gasteiger partial charge is 0.382 e. The van der Waals surface area contributed by atoms with E-state index < -0.39 is 29.6 Å². The van der Waals surface area contributed by atoms with Gasteiger partial charge in [0.2, 0.25) is 5.91 Å². The summed E-state index contributed by atoms with van der Waals surface area (Å²) in [7, 11) is 0. The van der Waals surface area contributed by atoms with Crippen LogP contribution in [0, 0.1) is 18.8 Å². The first kappa shape index (κ1) is 29.1. The van der Waals surface area contributed by atoms with E-state index in [4.69, 9.17) is 0 Å². The quantitative estimate of drug-likeness (QED) is 0.317. The summed E-state index contributed by atoms with van der Waals surface area (Å²) in [5, 5.41) is 6.36. The third-order valence-corrected chi connectivity index (χ3v) is 9.38. The molecule has 43 heavy (non-hydrogen) atoms. The summed E-state index contributed by atoms with van der Waals surface area (Å²) in [6.07, 6.45) is 7.66. The predicted molar refractivity (Wildman–Crippen MR) is 157 cm³/mol. The number of amides is 2. The minimum atomic E-state index is -4.54. The fourth-order valence-electron chi connectivity index (χ4n) is 7.31. The standard InChI is InChI=1S/C33H36F3N5O2/c1-20-9-12-26(16-28(20)33(34,35)36)40-31(42)27-15-22-5-4-8-29(22)41(32(43)23-17-37-19-38-18-23)30(27)21-10-13-25(14-11-21)39-24-6-2-3-7-24/h9-14,16-19,22,24,27,29-30,39H,2-8,15H2,1H3,(H,40,42)/t22-,27?,29-,30?/m0/s1. The number of fused-ring (bicyclic) bond motifs is 1. The highest BCUT2D eigenvalue weighted by Crippen LogP contribution is 2.49. The van der Waals surface area contributed by atoms with Crippen molar-refractivity contribution in [3.8, 4) is 0 Å². The molecule has 1 saturated heterocycles. The van der Waals surface area contributed by atoms with E-state index in [0.29, 0.717) is 18.0 Å². The second-order valence-corrected chi connectivity index (χ2v) is 12.1. The van der Waals surface area contributed by atoms with Gasteiger partial charge in [0.25, 0.3) is 5.91 Å². The summed E-state index contributed by atoms with van der Waals surface area (Å²) < 4.78 is 40.9. The summed E-state index contributed by atoms with van der Waals surface area (Å²) >= 11 is 0. The van der Waals surface area contributed by atoms with Gasteiger partial charge in [0.05, 0.1) is 23.1 Å². The normalized spacial score (nSPS) is 24.0. The molecule has 2 heterocycles. The fraction of sp³-hybridized carbons (Fsp3) is 0.455. The highest BCUT2D eigenvalue weighted by molar-refractivity contribution is 5.97. The molecular formula is C33H36F3N5O2. The van der Waals surface area contributed by atoms with Crippen molar-refractivity contribution in [2.45, 2.75) is 82.6 Å². The molecule has 0 spiro atoms. The number of hydrogen-bond donors (Lipinski definition) is 2. The molecule has 10 heteroatoms. The van der Waals surface area contributed by atoms with Crippen molar-refractivity contribution in [2.75, 3.05) is 10.6 Å². The summed E-state index contributed by atoms with van der Waals surface area (Å²) in [6.45, 7) is 1.40. The highest BCUT2D eigenvalue weighted by Gasteiger charge is 2.50. The summed E-state index contributed by atoms with van der Waals surface area (Å²) in [5.74, 6) is -1.21. The summed E-state index contributed by atoms with van der Waals surface area (Å²) in [4.78, 5) is 38.1. The Kier molecular flexibility index (Phi) is 8.11. The van der Waals surface area contributed by atoms with E-state index in [2.05, 4.69) is 20.6 Å². The Morgan fingerprint density at radius 3 is 2.30 bits per heavy atom. The van der Waals surface area contributed by atoms with E-state index >= 15 is 0 Å². The Morgan fingerprint density at radius 1 is 0.907 bits per heavy atom. The van der Waals surface area contributed by atoms with Crippen LogP contribution in [0.25, 0.3) is 0 Å². The van der Waals surface area contributed by atoms with Crippen LogP contribution < -0.4 is 10.6 Å². The lowest BCUT2D eigenvalue weighted by Crippen LogP contribution is -2.53. The number of nitrogens with zero attached hydrogens (tertiary/aromatic N) is 3. The van der Waals surface area contributed by atoms with Crippen molar-refractivity contribution in [1.82, 2.24) is 14.9 Å². The Morgan fingerprint density at radius 2 is 1.60 bits per heavy atom. The monoisotopic (exact) mass is 591 g/mol. The van der Waals surface area contributed by atoms with Crippen LogP contribution >= 0.6 is 0 Å². The molecular weight excluding hydrogens is 555 g/mol. The second-order valence-electron chi connectivity index (χ2n) is 12.1. The number of carbonyl (C=O) groups excluding carboxylic acids is 2. The molecule has 2 amide bonds. The molecule has 2 aromatic carbocycles. The zero-order valence-electron chi connectivity index (χ0n) is 24.1. The molecule has 2 unspecified atom stereocenters. The molecule has 226 valence electrons. The molecule has 1 aromatic heterocycles. The van der Waals surface area contributed by atoms with E-state index in [-0.39, 0.29) is 29.1 Å². The van der Waals surface area contributed by atoms with Gasteiger partial charge in [-0.3, -0.25) is 9.59 Å². The van der Waals surface area contributed by atoms with Gasteiger partial charge in [-0.15, -0.1) is 0 Å². The molecule has 2 N–H and O–H groups in total.